The van der Waals surface area contributed by atoms with E-state index in [1.54, 1.807) is 0 Å². The van der Waals surface area contributed by atoms with Crippen LogP contribution in [0.2, 0.25) is 0 Å². The molecule has 0 heterocycles. The average Bonchev–Trinajstić information content (AvgIpc) is 3.97. The Labute approximate surface area is 331 Å². The Morgan fingerprint density at radius 2 is 0.793 bits per heavy atom. The van der Waals surface area contributed by atoms with E-state index in [0.717, 1.165) is 98.9 Å². The number of hydrogen-bond donors (Lipinski definition) is 0. The normalized spacial score (nSPS) is 16.2. The minimum Gasteiger partial charge on any atom is -0.207 e. The van der Waals surface area contributed by atoms with Crippen LogP contribution in [0, 0.1) is 23.3 Å². The van der Waals surface area contributed by atoms with Crippen molar-refractivity contribution in [3.05, 3.63) is 221 Å². The minimum absolute atomic E-state index is 0.177. The zero-order chi connectivity index (χ0) is 38.8. The summed E-state index contributed by atoms with van der Waals surface area (Å²) in [6.45, 7) is 0. The molecule has 58 heavy (non-hydrogen) atoms. The molecule has 0 nitrogen and oxygen atoms in total. The van der Waals surface area contributed by atoms with Gasteiger partial charge < -0.3 is 0 Å². The molecule has 8 aromatic carbocycles. The molecule has 0 spiro atoms. The van der Waals surface area contributed by atoms with Crippen molar-refractivity contribution in [2.75, 3.05) is 0 Å². The predicted molar refractivity (Wildman–Crippen MR) is 228 cm³/mol. The lowest BCUT2D eigenvalue weighted by molar-refractivity contribution is 0.626. The van der Waals surface area contributed by atoms with Gasteiger partial charge in [0.05, 0.1) is 0 Å². The van der Waals surface area contributed by atoms with Crippen LogP contribution < -0.4 is 5.22 Å². The summed E-state index contributed by atoms with van der Waals surface area (Å²) in [5.41, 5.74) is 12.8. The highest BCUT2D eigenvalue weighted by Gasteiger charge is 2.47. The summed E-state index contributed by atoms with van der Waals surface area (Å²) in [6, 6.07) is 52.5. The Hall–Kier alpha value is -7.04. The van der Waals surface area contributed by atoms with Gasteiger partial charge >= 0.3 is 0 Å². The molecule has 0 radical (unpaired) electrons. The largest absolute Gasteiger partial charge is 0.207 e. The molecular formula is C54H30F4. The van der Waals surface area contributed by atoms with Crippen LogP contribution in [0.15, 0.2) is 170 Å². The maximum absolute atomic E-state index is 14.9. The Morgan fingerprint density at radius 3 is 1.33 bits per heavy atom. The number of rotatable bonds is 4. The van der Waals surface area contributed by atoms with Gasteiger partial charge in [-0.05, 0) is 158 Å². The van der Waals surface area contributed by atoms with Gasteiger partial charge in [0.15, 0.2) is 0 Å². The fourth-order valence-corrected chi connectivity index (χ4v) is 10.5. The van der Waals surface area contributed by atoms with Crippen LogP contribution in [-0.4, -0.2) is 0 Å². The van der Waals surface area contributed by atoms with Crippen molar-refractivity contribution in [1.82, 2.24) is 0 Å². The van der Waals surface area contributed by atoms with E-state index in [4.69, 9.17) is 0 Å². The molecule has 0 saturated carbocycles. The van der Waals surface area contributed by atoms with Crippen LogP contribution in [0.5, 0.6) is 0 Å². The second-order valence-corrected chi connectivity index (χ2v) is 15.6. The topological polar surface area (TPSA) is 0 Å². The summed E-state index contributed by atoms with van der Waals surface area (Å²) in [5, 5.41) is 7.63. The maximum atomic E-state index is 14.9. The Morgan fingerprint density at radius 1 is 0.345 bits per heavy atom. The molecule has 8 aromatic rings. The van der Waals surface area contributed by atoms with E-state index >= 15 is 0 Å². The van der Waals surface area contributed by atoms with Gasteiger partial charge in [0, 0.05) is 11.8 Å². The lowest BCUT2D eigenvalue weighted by atomic mass is 9.78. The van der Waals surface area contributed by atoms with Crippen LogP contribution in [-0.2, 0) is 0 Å². The Balaban J connectivity index is 1.39. The standard InChI is InChI=1S/C54H30F4/c55-35-21-13-31(14-22-35)45-49-39-9-1-5-29-6-2-10-40(43(29)39)50(49)46(32-15-23-36(56)24-16-32)53(45)54-47(33-17-25-37(57)26-18-33)51-41-11-3-7-30-8-4-12-42(44(30)41)52(51)48(54)34-19-27-38(58)28-20-34/h1-28,45,49H. The fraction of sp³-hybridized carbons (Fsp3) is 0.0370. The van der Waals surface area contributed by atoms with Crippen molar-refractivity contribution >= 4 is 49.0 Å². The van der Waals surface area contributed by atoms with Gasteiger partial charge in [0.2, 0.25) is 0 Å². The molecule has 2 unspecified atom stereocenters. The molecule has 0 bridgehead atoms. The van der Waals surface area contributed by atoms with E-state index < -0.39 is 0 Å². The Bertz CT molecular complexity index is 3220. The quantitative estimate of drug-likeness (QED) is 0.157. The summed E-state index contributed by atoms with van der Waals surface area (Å²) < 4.78 is 59.7. The monoisotopic (exact) mass is 754 g/mol. The number of allylic oxidation sites excluding steroid dienone is 2. The molecule has 0 aromatic heterocycles. The summed E-state index contributed by atoms with van der Waals surface area (Å²) in [7, 11) is 0. The van der Waals surface area contributed by atoms with Gasteiger partial charge in [-0.1, -0.05) is 121 Å². The van der Waals surface area contributed by atoms with Gasteiger partial charge in [0.25, 0.3) is 0 Å². The van der Waals surface area contributed by atoms with Gasteiger partial charge in [-0.2, -0.15) is 0 Å². The molecule has 4 aliphatic carbocycles. The molecule has 12 rings (SSSR count). The van der Waals surface area contributed by atoms with Crippen LogP contribution >= 0.6 is 0 Å². The number of halogens is 4. The molecule has 0 fully saturated rings. The summed E-state index contributed by atoms with van der Waals surface area (Å²) in [6.07, 6.45) is 0. The summed E-state index contributed by atoms with van der Waals surface area (Å²) in [4.78, 5) is 0. The highest BCUT2D eigenvalue weighted by molar-refractivity contribution is 6.31. The molecule has 0 aliphatic heterocycles. The van der Waals surface area contributed by atoms with Crippen LogP contribution in [0.3, 0.4) is 0 Å². The van der Waals surface area contributed by atoms with Crippen molar-refractivity contribution in [3.8, 4) is 33.4 Å². The first-order valence-corrected chi connectivity index (χ1v) is 19.5. The molecule has 274 valence electrons. The third-order valence-electron chi connectivity index (χ3n) is 12.6. The molecule has 2 atom stereocenters. The zero-order valence-corrected chi connectivity index (χ0v) is 30.8. The number of hydrogen-bond acceptors (Lipinski definition) is 0. The molecular weight excluding hydrogens is 725 g/mol. The van der Waals surface area contributed by atoms with Crippen molar-refractivity contribution in [2.24, 2.45) is 0 Å². The van der Waals surface area contributed by atoms with Crippen molar-refractivity contribution in [2.45, 2.75) is 11.8 Å². The minimum atomic E-state index is -0.344. The highest BCUT2D eigenvalue weighted by Crippen LogP contribution is 2.65. The lowest BCUT2D eigenvalue weighted by Gasteiger charge is -2.24. The number of benzene rings is 8. The first-order chi connectivity index (χ1) is 28.4. The zero-order valence-electron chi connectivity index (χ0n) is 30.8. The van der Waals surface area contributed by atoms with Crippen molar-refractivity contribution < 1.29 is 17.6 Å². The van der Waals surface area contributed by atoms with Gasteiger partial charge in [0.1, 0.15) is 23.3 Å². The summed E-state index contributed by atoms with van der Waals surface area (Å²) in [5.74, 6) is -1.87. The van der Waals surface area contributed by atoms with Crippen LogP contribution in [0.1, 0.15) is 34.1 Å². The second-order valence-electron chi connectivity index (χ2n) is 15.6. The average molecular weight is 755 g/mol. The smallest absolute Gasteiger partial charge is 0.123 e. The Kier molecular flexibility index (Phi) is 6.99. The first-order valence-electron chi connectivity index (χ1n) is 19.5. The van der Waals surface area contributed by atoms with E-state index in [1.165, 1.54) is 59.5 Å². The number of fused-ring (bicyclic) bond motifs is 6. The predicted octanol–water partition coefficient (Wildman–Crippen LogP) is 14.0. The van der Waals surface area contributed by atoms with Gasteiger partial charge in [-0.25, -0.2) is 17.6 Å². The van der Waals surface area contributed by atoms with Gasteiger partial charge in [-0.3, -0.25) is 0 Å². The van der Waals surface area contributed by atoms with Crippen molar-refractivity contribution in [3.63, 3.8) is 0 Å². The second kappa shape index (κ2) is 12.2. The lowest BCUT2D eigenvalue weighted by Crippen LogP contribution is -2.17. The third-order valence-corrected chi connectivity index (χ3v) is 12.6. The van der Waals surface area contributed by atoms with E-state index in [2.05, 4.69) is 72.8 Å². The van der Waals surface area contributed by atoms with Gasteiger partial charge in [-0.15, -0.1) is 0 Å². The molecule has 0 amide bonds. The third kappa shape index (κ3) is 4.57. The molecule has 0 N–H and O–H groups in total. The van der Waals surface area contributed by atoms with E-state index in [1.807, 2.05) is 48.5 Å². The first kappa shape index (κ1) is 33.1. The highest BCUT2D eigenvalue weighted by atomic mass is 19.1. The molecule has 4 aliphatic rings. The van der Waals surface area contributed by atoms with E-state index in [-0.39, 0.29) is 35.1 Å². The van der Waals surface area contributed by atoms with Crippen LogP contribution in [0.4, 0.5) is 17.6 Å². The van der Waals surface area contributed by atoms with E-state index in [0.29, 0.717) is 0 Å². The SMILES string of the molecule is Fc1ccc(C2=C3c4cccc5cccc(c45)C3C(c3ccc(F)cc3)C2=c2c(-c3ccc(F)cc3)c3c4cccc5cccc(c-3c2-c2ccc(F)cc2)c54)cc1. The molecule has 4 heteroatoms. The van der Waals surface area contributed by atoms with Crippen molar-refractivity contribution in [1.29, 1.82) is 0 Å². The van der Waals surface area contributed by atoms with E-state index in [9.17, 15) is 17.6 Å². The van der Waals surface area contributed by atoms with Crippen LogP contribution in [0.25, 0.3) is 82.4 Å². The fourth-order valence-electron chi connectivity index (χ4n) is 10.5. The maximum Gasteiger partial charge on any atom is 0.123 e. The summed E-state index contributed by atoms with van der Waals surface area (Å²) >= 11 is 0. The molecule has 0 saturated heterocycles.